The van der Waals surface area contributed by atoms with E-state index >= 15 is 0 Å². The van der Waals surface area contributed by atoms with Crippen LogP contribution in [-0.4, -0.2) is 46.5 Å². The summed E-state index contributed by atoms with van der Waals surface area (Å²) in [6.07, 6.45) is 7.98. The Balaban J connectivity index is 2.26. The third-order valence-corrected chi connectivity index (χ3v) is 6.08. The van der Waals surface area contributed by atoms with Crippen molar-refractivity contribution in [2.75, 3.05) is 56.3 Å². The number of rotatable bonds is 15. The molecule has 0 N–H and O–H groups in total. The van der Waals surface area contributed by atoms with Crippen LogP contribution in [0.1, 0.15) is 58.8 Å². The van der Waals surface area contributed by atoms with Crippen molar-refractivity contribution in [3.63, 3.8) is 0 Å². The van der Waals surface area contributed by atoms with Gasteiger partial charge in [0.25, 0.3) is 0 Å². The van der Waals surface area contributed by atoms with Crippen LogP contribution in [0.3, 0.4) is 0 Å². The molecule has 2 aromatic carbocycles. The second kappa shape index (κ2) is 15.2. The Labute approximate surface area is 213 Å². The molecule has 0 fully saturated rings. The lowest BCUT2D eigenvalue weighted by Gasteiger charge is -2.24. The molecule has 0 saturated carbocycles. The molecule has 2 aromatic rings. The molecular formula is C30H44N2O3. The Morgan fingerprint density at radius 1 is 0.714 bits per heavy atom. The van der Waals surface area contributed by atoms with Gasteiger partial charge in [-0.3, -0.25) is 0 Å². The summed E-state index contributed by atoms with van der Waals surface area (Å²) < 4.78 is 17.7. The van der Waals surface area contributed by atoms with Crippen molar-refractivity contribution >= 4 is 17.5 Å². The van der Waals surface area contributed by atoms with Crippen LogP contribution in [0.2, 0.25) is 0 Å². The van der Waals surface area contributed by atoms with E-state index in [9.17, 15) is 0 Å². The van der Waals surface area contributed by atoms with Crippen molar-refractivity contribution in [2.45, 2.75) is 47.6 Å². The fourth-order valence-corrected chi connectivity index (χ4v) is 4.18. The molecule has 1 atom stereocenters. The highest BCUT2D eigenvalue weighted by Gasteiger charge is 2.15. The zero-order chi connectivity index (χ0) is 25.6. The van der Waals surface area contributed by atoms with Crippen molar-refractivity contribution in [1.82, 2.24) is 0 Å². The third kappa shape index (κ3) is 7.79. The highest BCUT2D eigenvalue weighted by Crippen LogP contribution is 2.33. The van der Waals surface area contributed by atoms with Gasteiger partial charge >= 0.3 is 0 Å². The lowest BCUT2D eigenvalue weighted by Crippen LogP contribution is -2.22. The number of ether oxygens (including phenoxy) is 3. The van der Waals surface area contributed by atoms with Gasteiger partial charge in [-0.1, -0.05) is 30.4 Å². The molecule has 0 radical (unpaired) electrons. The van der Waals surface area contributed by atoms with Gasteiger partial charge in [-0.25, -0.2) is 0 Å². The number of anilines is 2. The van der Waals surface area contributed by atoms with Crippen molar-refractivity contribution in [2.24, 2.45) is 0 Å². The van der Waals surface area contributed by atoms with E-state index in [4.69, 9.17) is 14.2 Å². The predicted molar refractivity (Wildman–Crippen MR) is 150 cm³/mol. The summed E-state index contributed by atoms with van der Waals surface area (Å²) in [4.78, 5) is 4.63. The van der Waals surface area contributed by atoms with Crippen LogP contribution in [0, 0.1) is 0 Å². The minimum absolute atomic E-state index is 0.205. The number of nitrogens with zero attached hydrogens (tertiary/aromatic N) is 2. The largest absolute Gasteiger partial charge is 0.493 e. The van der Waals surface area contributed by atoms with E-state index in [0.29, 0.717) is 13.2 Å². The summed E-state index contributed by atoms with van der Waals surface area (Å²) in [5, 5.41) is 0. The lowest BCUT2D eigenvalue weighted by atomic mass is 10.1. The van der Waals surface area contributed by atoms with E-state index < -0.39 is 0 Å². The molecule has 0 aliphatic rings. The maximum absolute atomic E-state index is 5.99. The van der Waals surface area contributed by atoms with Gasteiger partial charge in [-0.2, -0.15) is 0 Å². The maximum atomic E-state index is 5.99. The average molecular weight is 481 g/mol. The van der Waals surface area contributed by atoms with E-state index in [1.807, 2.05) is 26.0 Å². The fourth-order valence-electron chi connectivity index (χ4n) is 4.18. The smallest absolute Gasteiger partial charge is 0.128 e. The SMILES string of the molecule is CCOc1cc(N(CC)CC)ccc1C=CC=CC(OC)c1ccc(N(CC)CC)cc1OCC. The molecule has 5 heteroatoms. The van der Waals surface area contributed by atoms with Crippen LogP contribution in [-0.2, 0) is 4.74 Å². The quantitative estimate of drug-likeness (QED) is 0.253. The van der Waals surface area contributed by atoms with Crippen molar-refractivity contribution in [3.8, 4) is 11.5 Å². The molecule has 0 spiro atoms. The number of allylic oxidation sites excluding steroid dienone is 2. The number of benzene rings is 2. The Morgan fingerprint density at radius 2 is 1.26 bits per heavy atom. The standard InChI is InChI=1S/C30H44N2O3/c1-8-31(9-2)25-19-18-24(29(22-25)34-12-5)16-14-15-17-28(33-7)27-21-20-26(32(10-3)11-4)23-30(27)35-13-6/h14-23,28H,8-13H2,1-7H3. The monoisotopic (exact) mass is 480 g/mol. The van der Waals surface area contributed by atoms with E-state index in [-0.39, 0.29) is 6.10 Å². The summed E-state index contributed by atoms with van der Waals surface area (Å²) in [6.45, 7) is 17.8. The Hall–Kier alpha value is -2.92. The van der Waals surface area contributed by atoms with Crippen LogP contribution in [0.15, 0.2) is 54.6 Å². The molecule has 0 heterocycles. The number of hydrogen-bond acceptors (Lipinski definition) is 5. The Bertz CT molecular complexity index is 947. The first-order valence-corrected chi connectivity index (χ1v) is 13.0. The molecule has 0 bridgehead atoms. The highest BCUT2D eigenvalue weighted by atomic mass is 16.5. The predicted octanol–water partition coefficient (Wildman–Crippen LogP) is 7.13. The van der Waals surface area contributed by atoms with Gasteiger partial charge in [-0.15, -0.1) is 0 Å². The molecule has 192 valence electrons. The summed E-state index contributed by atoms with van der Waals surface area (Å²) >= 11 is 0. The molecule has 0 aliphatic heterocycles. The molecule has 5 nitrogen and oxygen atoms in total. The van der Waals surface area contributed by atoms with Gasteiger partial charge in [0.05, 0.1) is 13.2 Å². The molecule has 2 rings (SSSR count). The van der Waals surface area contributed by atoms with E-state index in [0.717, 1.165) is 54.5 Å². The zero-order valence-corrected chi connectivity index (χ0v) is 22.7. The molecule has 1 unspecified atom stereocenters. The lowest BCUT2D eigenvalue weighted by molar-refractivity contribution is 0.139. The first kappa shape index (κ1) is 28.3. The molecule has 0 aliphatic carbocycles. The summed E-state index contributed by atoms with van der Waals surface area (Å²) in [5.41, 5.74) is 4.42. The molecule has 35 heavy (non-hydrogen) atoms. The third-order valence-electron chi connectivity index (χ3n) is 6.08. The Morgan fingerprint density at radius 3 is 1.80 bits per heavy atom. The normalized spacial score (nSPS) is 12.3. The van der Waals surface area contributed by atoms with E-state index in [1.165, 1.54) is 5.69 Å². The minimum atomic E-state index is -0.205. The van der Waals surface area contributed by atoms with Gasteiger partial charge < -0.3 is 24.0 Å². The van der Waals surface area contributed by atoms with Gasteiger partial charge in [-0.05, 0) is 59.7 Å². The number of hydrogen-bond donors (Lipinski definition) is 0. The van der Waals surface area contributed by atoms with Crippen LogP contribution >= 0.6 is 0 Å². The minimum Gasteiger partial charge on any atom is -0.493 e. The summed E-state index contributed by atoms with van der Waals surface area (Å²) in [5.74, 6) is 1.76. The van der Waals surface area contributed by atoms with Crippen molar-refractivity contribution in [3.05, 3.63) is 65.8 Å². The van der Waals surface area contributed by atoms with Crippen LogP contribution in [0.25, 0.3) is 6.08 Å². The molecule has 0 aromatic heterocycles. The first-order valence-electron chi connectivity index (χ1n) is 13.0. The molecule has 0 amide bonds. The van der Waals surface area contributed by atoms with Gasteiger partial charge in [0, 0.05) is 67.9 Å². The van der Waals surface area contributed by atoms with E-state index in [2.05, 4.69) is 86.0 Å². The molecule has 0 saturated heterocycles. The van der Waals surface area contributed by atoms with Gasteiger partial charge in [0.2, 0.25) is 0 Å². The van der Waals surface area contributed by atoms with E-state index in [1.54, 1.807) is 7.11 Å². The Kier molecular flexibility index (Phi) is 12.3. The van der Waals surface area contributed by atoms with Crippen LogP contribution in [0.5, 0.6) is 11.5 Å². The zero-order valence-electron chi connectivity index (χ0n) is 22.7. The fraction of sp³-hybridized carbons (Fsp3) is 0.467. The number of methoxy groups -OCH3 is 1. The van der Waals surface area contributed by atoms with Gasteiger partial charge in [0.15, 0.2) is 0 Å². The van der Waals surface area contributed by atoms with Crippen molar-refractivity contribution < 1.29 is 14.2 Å². The second-order valence-electron chi connectivity index (χ2n) is 8.06. The van der Waals surface area contributed by atoms with Gasteiger partial charge in [0.1, 0.15) is 17.6 Å². The maximum Gasteiger partial charge on any atom is 0.128 e. The summed E-state index contributed by atoms with van der Waals surface area (Å²) in [7, 11) is 1.73. The summed E-state index contributed by atoms with van der Waals surface area (Å²) in [6, 6.07) is 12.8. The molecular weight excluding hydrogens is 436 g/mol. The van der Waals surface area contributed by atoms with Crippen LogP contribution < -0.4 is 19.3 Å². The second-order valence-corrected chi connectivity index (χ2v) is 8.06. The van der Waals surface area contributed by atoms with Crippen molar-refractivity contribution in [1.29, 1.82) is 0 Å². The highest BCUT2D eigenvalue weighted by molar-refractivity contribution is 5.64. The average Bonchev–Trinajstić information content (AvgIpc) is 2.87. The topological polar surface area (TPSA) is 34.2 Å². The first-order chi connectivity index (χ1) is 17.1. The van der Waals surface area contributed by atoms with Crippen LogP contribution in [0.4, 0.5) is 11.4 Å².